The minimum absolute atomic E-state index is 0.00204. The van der Waals surface area contributed by atoms with Crippen LogP contribution >= 0.6 is 0 Å². The molecular weight excluding hydrogens is 1080 g/mol. The highest BCUT2D eigenvalue weighted by atomic mass is 16.6. The molecule has 3 fully saturated rings. The van der Waals surface area contributed by atoms with E-state index in [2.05, 4.69) is 10.6 Å². The molecule has 11 atom stereocenters. The van der Waals surface area contributed by atoms with E-state index in [1.165, 1.54) is 39.8 Å². The third-order valence-corrected chi connectivity index (χ3v) is 17.0. The number of esters is 5. The second-order valence-corrected chi connectivity index (χ2v) is 22.5. The molecule has 5 aromatic carbocycles. The van der Waals surface area contributed by atoms with Gasteiger partial charge in [-0.05, 0) is 66.8 Å². The fourth-order valence-electron chi connectivity index (χ4n) is 12.6. The summed E-state index contributed by atoms with van der Waals surface area (Å²) in [5.74, 6) is -9.18. The Bertz CT molecular complexity index is 3370. The van der Waals surface area contributed by atoms with Crippen LogP contribution in [-0.4, -0.2) is 124 Å². The van der Waals surface area contributed by atoms with Gasteiger partial charge in [-0.25, -0.2) is 9.59 Å². The molecule has 1 saturated heterocycles. The zero-order chi connectivity index (χ0) is 60.3. The normalized spacial score (nSPS) is 26.3. The minimum Gasteiger partial charge on any atom is -0.460 e. The molecule has 19 nitrogen and oxygen atoms in total. The molecule has 0 spiro atoms. The van der Waals surface area contributed by atoms with Crippen molar-refractivity contribution in [3.63, 3.8) is 0 Å². The van der Waals surface area contributed by atoms with Crippen molar-refractivity contribution >= 4 is 53.2 Å². The maximum atomic E-state index is 16.4. The van der Waals surface area contributed by atoms with Crippen LogP contribution in [0.4, 0.5) is 0 Å². The Morgan fingerprint density at radius 1 is 0.702 bits per heavy atom. The summed E-state index contributed by atoms with van der Waals surface area (Å²) in [6.07, 6.45) is -11.3. The lowest BCUT2D eigenvalue weighted by molar-refractivity contribution is -0.346. The van der Waals surface area contributed by atoms with Crippen LogP contribution in [0, 0.1) is 16.7 Å². The minimum atomic E-state index is -2.54. The van der Waals surface area contributed by atoms with Gasteiger partial charge in [-0.2, -0.15) is 0 Å². The molecule has 3 aliphatic carbocycles. The molecular formula is C65H66N2O17. The van der Waals surface area contributed by atoms with Gasteiger partial charge in [0.2, 0.25) is 5.91 Å². The third kappa shape index (κ3) is 11.5. The summed E-state index contributed by atoms with van der Waals surface area (Å²) >= 11 is 0. The zero-order valence-electron chi connectivity index (χ0n) is 47.2. The average molecular weight is 1150 g/mol. The smallest absolute Gasteiger partial charge is 0.338 e. The van der Waals surface area contributed by atoms with E-state index in [1.54, 1.807) is 127 Å². The number of aryl methyl sites for hydroxylation is 1. The van der Waals surface area contributed by atoms with Gasteiger partial charge in [0.05, 0.1) is 29.5 Å². The number of aliphatic hydroxyl groups excluding tert-OH is 1. The number of hydrogen-bond donors (Lipinski definition) is 4. The van der Waals surface area contributed by atoms with Gasteiger partial charge in [0.1, 0.15) is 36.6 Å². The Hall–Kier alpha value is -8.65. The van der Waals surface area contributed by atoms with Crippen molar-refractivity contribution in [1.82, 2.24) is 10.6 Å². The molecule has 4 N–H and O–H groups in total. The molecule has 2 saturated carbocycles. The van der Waals surface area contributed by atoms with Gasteiger partial charge in [0.15, 0.2) is 29.4 Å². The lowest BCUT2D eigenvalue weighted by Gasteiger charge is -2.67. The monoisotopic (exact) mass is 1150 g/mol. The van der Waals surface area contributed by atoms with Crippen molar-refractivity contribution in [2.24, 2.45) is 16.7 Å². The fraction of sp³-hybridized carbons (Fsp3) is 0.369. The standard InChI is InChI=1S/C65H66N2O17/c1-37-46(81-61(77)54(73)52(41-19-11-7-12-20-41)67-59(75)44-23-15-9-16-24-44)34-65(78)58(83-60(76)45-25-17-10-18-26-45)56-63(6,57(74)55(80-38(2)68)51(37)62(65,4)5)47(33-48-64(56,36-79-48)84-39(3)69)82-50(71)35-66-49(70)32-29-40-27-30-43(31-28-40)53(72)42-21-13-8-14-22-42/h7-28,30-31,46-48,52,54-56,58,73,78H,29,32-36H2,1-6H3,(H,66,70)(H,67,75)/t46-,47-,48+,52-,54+,55+,56?,58-,63+,64-,65+/m0/s1. The van der Waals surface area contributed by atoms with E-state index in [-0.39, 0.29) is 47.3 Å². The number of ketones is 2. The first-order valence-corrected chi connectivity index (χ1v) is 27.7. The summed E-state index contributed by atoms with van der Waals surface area (Å²) in [7, 11) is 0. The first kappa shape index (κ1) is 60.0. The lowest BCUT2D eigenvalue weighted by Crippen LogP contribution is -2.82. The summed E-state index contributed by atoms with van der Waals surface area (Å²) < 4.78 is 37.4. The van der Waals surface area contributed by atoms with Crippen molar-refractivity contribution in [3.05, 3.63) is 190 Å². The molecule has 1 aliphatic heterocycles. The summed E-state index contributed by atoms with van der Waals surface area (Å²) in [5, 5.41) is 31.4. The zero-order valence-corrected chi connectivity index (χ0v) is 47.2. The topological polar surface area (TPSA) is 274 Å². The number of amides is 2. The van der Waals surface area contributed by atoms with Gasteiger partial charge in [0, 0.05) is 55.2 Å². The van der Waals surface area contributed by atoms with Crippen LogP contribution in [0.3, 0.4) is 0 Å². The average Bonchev–Trinajstić information content (AvgIpc) is 0.675. The highest BCUT2D eigenvalue weighted by Crippen LogP contribution is 2.65. The van der Waals surface area contributed by atoms with E-state index in [0.29, 0.717) is 16.7 Å². The van der Waals surface area contributed by atoms with Gasteiger partial charge in [-0.15, -0.1) is 0 Å². The van der Waals surface area contributed by atoms with E-state index in [9.17, 15) is 48.6 Å². The number of benzene rings is 5. The van der Waals surface area contributed by atoms with Crippen molar-refractivity contribution in [2.75, 3.05) is 13.2 Å². The van der Waals surface area contributed by atoms with Crippen molar-refractivity contribution in [1.29, 1.82) is 0 Å². The van der Waals surface area contributed by atoms with E-state index < -0.39 is 138 Å². The molecule has 0 radical (unpaired) electrons. The highest BCUT2D eigenvalue weighted by molar-refractivity contribution is 6.09. The van der Waals surface area contributed by atoms with Crippen LogP contribution in [0.15, 0.2) is 157 Å². The predicted molar refractivity (Wildman–Crippen MR) is 299 cm³/mol. The highest BCUT2D eigenvalue weighted by Gasteiger charge is 2.79. The molecule has 1 heterocycles. The van der Waals surface area contributed by atoms with E-state index in [1.807, 2.05) is 6.07 Å². The molecule has 438 valence electrons. The SMILES string of the molecule is CC(=O)O[C@H]1C(=O)[C@@]2(C)C([C@H](OC(=O)c3ccccc3)[C@]3(O)C[C@H](OC(=O)[C@H](O)[C@@H](NC(=O)c4ccccc4)c4ccccc4)C(C)=C1C3(C)C)[C@]1(OC(C)=O)CO[C@@H]1C[C@@H]2OC(=O)CNC(=O)CCc1ccc(C(=O)c2ccccc2)cc1. The first-order chi connectivity index (χ1) is 40.0. The predicted octanol–water partition coefficient (Wildman–Crippen LogP) is 6.27. The van der Waals surface area contributed by atoms with Gasteiger partial charge in [-0.1, -0.05) is 135 Å². The first-order valence-electron chi connectivity index (χ1n) is 27.7. The molecule has 19 heteroatoms. The summed E-state index contributed by atoms with van der Waals surface area (Å²) in [6.45, 7) is 6.96. The van der Waals surface area contributed by atoms with E-state index in [0.717, 1.165) is 19.4 Å². The second kappa shape index (κ2) is 24.3. The van der Waals surface area contributed by atoms with Crippen LogP contribution in [0.2, 0.25) is 0 Å². The van der Waals surface area contributed by atoms with Crippen molar-refractivity contribution < 1.29 is 81.8 Å². The Labute approximate surface area is 485 Å². The van der Waals surface area contributed by atoms with Gasteiger partial charge < -0.3 is 49.3 Å². The number of carbonyl (C=O) groups is 9. The number of ether oxygens (including phenoxy) is 6. The van der Waals surface area contributed by atoms with E-state index >= 15 is 4.79 Å². The number of carbonyl (C=O) groups excluding carboxylic acids is 9. The van der Waals surface area contributed by atoms with Crippen molar-refractivity contribution in [2.45, 2.75) is 121 Å². The van der Waals surface area contributed by atoms with Crippen LogP contribution in [0.1, 0.15) is 115 Å². The van der Waals surface area contributed by atoms with Gasteiger partial charge >= 0.3 is 29.8 Å². The van der Waals surface area contributed by atoms with Gasteiger partial charge in [-0.3, -0.25) is 33.6 Å². The third-order valence-electron chi connectivity index (χ3n) is 17.0. The van der Waals surface area contributed by atoms with E-state index in [4.69, 9.17) is 28.4 Å². The Morgan fingerprint density at radius 2 is 1.27 bits per heavy atom. The number of rotatable bonds is 18. The Balaban J connectivity index is 1.08. The van der Waals surface area contributed by atoms with Crippen LogP contribution in [0.25, 0.3) is 0 Å². The molecule has 1 unspecified atom stereocenters. The lowest BCUT2D eigenvalue weighted by atomic mass is 9.44. The Morgan fingerprint density at radius 3 is 1.85 bits per heavy atom. The maximum Gasteiger partial charge on any atom is 0.338 e. The fourth-order valence-corrected chi connectivity index (χ4v) is 12.6. The summed E-state index contributed by atoms with van der Waals surface area (Å²) in [6, 6.07) is 38.1. The number of Topliss-reactive ketones (excluding diaryl/α,β-unsaturated/α-hetero) is 1. The molecule has 84 heavy (non-hydrogen) atoms. The number of aliphatic hydroxyl groups is 2. The van der Waals surface area contributed by atoms with Crippen molar-refractivity contribution in [3.8, 4) is 0 Å². The number of hydrogen-bond acceptors (Lipinski definition) is 17. The van der Waals surface area contributed by atoms with Crippen LogP contribution in [0.5, 0.6) is 0 Å². The molecule has 0 aromatic heterocycles. The molecule has 2 amide bonds. The second-order valence-electron chi connectivity index (χ2n) is 22.5. The Kier molecular flexibility index (Phi) is 17.3. The largest absolute Gasteiger partial charge is 0.460 e. The quantitative estimate of drug-likeness (QED) is 0.0326. The molecule has 5 aromatic rings. The summed E-state index contributed by atoms with van der Waals surface area (Å²) in [5.41, 5.74) is -6.26. The molecule has 2 bridgehead atoms. The van der Waals surface area contributed by atoms with Crippen LogP contribution in [-0.2, 0) is 63.6 Å². The van der Waals surface area contributed by atoms with Gasteiger partial charge in [0.25, 0.3) is 5.91 Å². The van der Waals surface area contributed by atoms with Crippen LogP contribution < -0.4 is 10.6 Å². The number of fused-ring (bicyclic) bond motifs is 5. The maximum absolute atomic E-state index is 16.4. The number of nitrogens with one attached hydrogen (secondary N) is 2. The molecule has 9 rings (SSSR count). The summed E-state index contributed by atoms with van der Waals surface area (Å²) in [4.78, 5) is 127. The molecule has 4 aliphatic rings.